The van der Waals surface area contributed by atoms with Gasteiger partial charge in [0.05, 0.1) is 5.50 Å². The molecule has 0 spiro atoms. The minimum atomic E-state index is 0.148. The Morgan fingerprint density at radius 3 is 2.64 bits per heavy atom. The molecular weight excluding hydrogens is 160 g/mol. The van der Waals surface area contributed by atoms with Crippen LogP contribution in [0.25, 0.3) is 0 Å². The molecule has 2 rings (SSSR count). The van der Waals surface area contributed by atoms with E-state index in [2.05, 4.69) is 10.6 Å². The van der Waals surface area contributed by atoms with Gasteiger partial charge in [-0.25, -0.2) is 0 Å². The van der Waals surface area contributed by atoms with Gasteiger partial charge in [0, 0.05) is 18.6 Å². The molecule has 0 radical (unpaired) electrons. The normalized spacial score (nSPS) is 45.0. The van der Waals surface area contributed by atoms with E-state index in [1.165, 1.54) is 25.7 Å². The van der Waals surface area contributed by atoms with Gasteiger partial charge >= 0.3 is 0 Å². The molecule has 11 heavy (non-hydrogen) atoms. The van der Waals surface area contributed by atoms with Crippen LogP contribution in [0.3, 0.4) is 0 Å². The summed E-state index contributed by atoms with van der Waals surface area (Å²) in [4.78, 5) is 0. The van der Waals surface area contributed by atoms with Crippen LogP contribution in [0.1, 0.15) is 25.7 Å². The molecule has 1 aliphatic heterocycles. The molecule has 0 aromatic carbocycles. The van der Waals surface area contributed by atoms with Gasteiger partial charge in [0.1, 0.15) is 0 Å². The predicted molar refractivity (Wildman–Crippen MR) is 46.8 cm³/mol. The minimum Gasteiger partial charge on any atom is -0.310 e. The average Bonchev–Trinajstić information content (AvgIpc) is 2.04. The van der Waals surface area contributed by atoms with Crippen LogP contribution in [0, 0.1) is 0 Å². The second-order valence-corrected chi connectivity index (χ2v) is 4.07. The lowest BCUT2D eigenvalue weighted by molar-refractivity contribution is 0.239. The first kappa shape index (κ1) is 7.84. The predicted octanol–water partition coefficient (Wildman–Crippen LogP) is 1.06. The first-order chi connectivity index (χ1) is 5.36. The Kier molecular flexibility index (Phi) is 2.35. The number of nitrogens with one attached hydrogen (secondary N) is 2. The van der Waals surface area contributed by atoms with Gasteiger partial charge in [0.2, 0.25) is 0 Å². The van der Waals surface area contributed by atoms with Crippen LogP contribution in [0.4, 0.5) is 0 Å². The fourth-order valence-electron chi connectivity index (χ4n) is 2.12. The average molecular weight is 175 g/mol. The smallest absolute Gasteiger partial charge is 0.0954 e. The van der Waals surface area contributed by atoms with Gasteiger partial charge in [-0.15, -0.1) is 11.6 Å². The molecule has 1 aliphatic carbocycles. The molecule has 3 heteroatoms. The Hall–Kier alpha value is 0.210. The zero-order chi connectivity index (χ0) is 7.68. The molecule has 0 amide bonds. The van der Waals surface area contributed by atoms with E-state index < -0.39 is 0 Å². The quantitative estimate of drug-likeness (QED) is 0.424. The van der Waals surface area contributed by atoms with Crippen molar-refractivity contribution in [2.75, 3.05) is 6.54 Å². The van der Waals surface area contributed by atoms with Crippen LogP contribution < -0.4 is 10.6 Å². The van der Waals surface area contributed by atoms with E-state index in [4.69, 9.17) is 11.6 Å². The molecule has 1 saturated carbocycles. The monoisotopic (exact) mass is 174 g/mol. The van der Waals surface area contributed by atoms with Gasteiger partial charge in [0.25, 0.3) is 0 Å². The van der Waals surface area contributed by atoms with Gasteiger partial charge in [-0.05, 0) is 12.8 Å². The van der Waals surface area contributed by atoms with Gasteiger partial charge < -0.3 is 5.32 Å². The maximum Gasteiger partial charge on any atom is 0.0954 e. The van der Waals surface area contributed by atoms with Crippen molar-refractivity contribution in [1.29, 1.82) is 0 Å². The Balaban J connectivity index is 1.93. The third kappa shape index (κ3) is 1.68. The third-order valence-corrected chi connectivity index (χ3v) is 3.00. The highest BCUT2D eigenvalue weighted by Gasteiger charge is 2.29. The number of halogens is 1. The van der Waals surface area contributed by atoms with Crippen LogP contribution in [0.5, 0.6) is 0 Å². The molecule has 1 heterocycles. The molecule has 0 aromatic heterocycles. The van der Waals surface area contributed by atoms with Crippen LogP contribution in [-0.4, -0.2) is 24.1 Å². The van der Waals surface area contributed by atoms with Crippen molar-refractivity contribution in [3.63, 3.8) is 0 Å². The lowest BCUT2D eigenvalue weighted by atomic mass is 9.89. The fourth-order valence-corrected chi connectivity index (χ4v) is 2.37. The van der Waals surface area contributed by atoms with Crippen LogP contribution in [-0.2, 0) is 0 Å². The number of rotatable bonds is 0. The lowest BCUT2D eigenvalue weighted by Crippen LogP contribution is -2.60. The number of alkyl halides is 1. The van der Waals surface area contributed by atoms with E-state index in [1.54, 1.807) is 0 Å². The van der Waals surface area contributed by atoms with Gasteiger partial charge in [-0.1, -0.05) is 12.8 Å². The van der Waals surface area contributed by atoms with E-state index >= 15 is 0 Å². The second-order valence-electron chi connectivity index (χ2n) is 3.54. The molecule has 2 aliphatic rings. The molecule has 3 atom stereocenters. The standard InChI is InChI=1S/C8H15ClN2/c9-8-5-10-6-3-1-2-4-7(6)11-8/h6-8,10-11H,1-5H2. The number of fused-ring (bicyclic) bond motifs is 1. The molecule has 64 valence electrons. The van der Waals surface area contributed by atoms with Gasteiger partial charge in [-0.2, -0.15) is 0 Å². The summed E-state index contributed by atoms with van der Waals surface area (Å²) in [6.07, 6.45) is 5.35. The molecule has 1 saturated heterocycles. The van der Waals surface area contributed by atoms with Crippen LogP contribution in [0.15, 0.2) is 0 Å². The summed E-state index contributed by atoms with van der Waals surface area (Å²) in [6.45, 7) is 0.919. The summed E-state index contributed by atoms with van der Waals surface area (Å²) < 4.78 is 0. The van der Waals surface area contributed by atoms with E-state index in [1.807, 2.05) is 0 Å². The molecule has 2 nitrogen and oxygen atoms in total. The third-order valence-electron chi connectivity index (χ3n) is 2.72. The number of piperazine rings is 1. The summed E-state index contributed by atoms with van der Waals surface area (Å²) in [5.41, 5.74) is 0.148. The van der Waals surface area contributed by atoms with Gasteiger partial charge in [0.15, 0.2) is 0 Å². The highest BCUT2D eigenvalue weighted by atomic mass is 35.5. The van der Waals surface area contributed by atoms with Crippen molar-refractivity contribution < 1.29 is 0 Å². The van der Waals surface area contributed by atoms with E-state index in [-0.39, 0.29) is 5.50 Å². The first-order valence-electron chi connectivity index (χ1n) is 4.50. The summed E-state index contributed by atoms with van der Waals surface area (Å²) in [5.74, 6) is 0. The maximum atomic E-state index is 5.96. The zero-order valence-corrected chi connectivity index (χ0v) is 7.40. The molecular formula is C8H15ClN2. The number of hydrogen-bond donors (Lipinski definition) is 2. The second kappa shape index (κ2) is 3.30. The Morgan fingerprint density at radius 2 is 1.82 bits per heavy atom. The van der Waals surface area contributed by atoms with Crippen LogP contribution >= 0.6 is 11.6 Å². The first-order valence-corrected chi connectivity index (χ1v) is 4.93. The minimum absolute atomic E-state index is 0.148. The summed E-state index contributed by atoms with van der Waals surface area (Å²) in [6, 6.07) is 1.33. The Labute approximate surface area is 72.7 Å². The largest absolute Gasteiger partial charge is 0.310 e. The van der Waals surface area contributed by atoms with Crippen molar-refractivity contribution in [1.82, 2.24) is 10.6 Å². The molecule has 2 N–H and O–H groups in total. The van der Waals surface area contributed by atoms with Crippen molar-refractivity contribution >= 4 is 11.6 Å². The molecule has 2 fully saturated rings. The topological polar surface area (TPSA) is 24.1 Å². The summed E-state index contributed by atoms with van der Waals surface area (Å²) in [5, 5.41) is 6.90. The summed E-state index contributed by atoms with van der Waals surface area (Å²) in [7, 11) is 0. The van der Waals surface area contributed by atoms with Gasteiger partial charge in [-0.3, -0.25) is 5.32 Å². The van der Waals surface area contributed by atoms with E-state index in [0.717, 1.165) is 6.54 Å². The van der Waals surface area contributed by atoms with Crippen LogP contribution in [0.2, 0.25) is 0 Å². The molecule has 0 bridgehead atoms. The fraction of sp³-hybridized carbons (Fsp3) is 1.00. The van der Waals surface area contributed by atoms with E-state index in [9.17, 15) is 0 Å². The maximum absolute atomic E-state index is 5.96. The number of hydrogen-bond acceptors (Lipinski definition) is 2. The Bertz CT molecular complexity index is 140. The lowest BCUT2D eigenvalue weighted by Gasteiger charge is -2.39. The van der Waals surface area contributed by atoms with Crippen molar-refractivity contribution in [3.05, 3.63) is 0 Å². The van der Waals surface area contributed by atoms with Crippen molar-refractivity contribution in [3.8, 4) is 0 Å². The van der Waals surface area contributed by atoms with Crippen molar-refractivity contribution in [2.24, 2.45) is 0 Å². The van der Waals surface area contributed by atoms with Crippen molar-refractivity contribution in [2.45, 2.75) is 43.3 Å². The highest BCUT2D eigenvalue weighted by Crippen LogP contribution is 2.21. The SMILES string of the molecule is ClC1CNC2CCCCC2N1. The summed E-state index contributed by atoms with van der Waals surface area (Å²) >= 11 is 5.96. The highest BCUT2D eigenvalue weighted by molar-refractivity contribution is 6.20. The molecule has 3 unspecified atom stereocenters. The zero-order valence-electron chi connectivity index (χ0n) is 6.65. The Morgan fingerprint density at radius 1 is 1.09 bits per heavy atom. The molecule has 0 aromatic rings. The van der Waals surface area contributed by atoms with E-state index in [0.29, 0.717) is 12.1 Å².